The summed E-state index contributed by atoms with van der Waals surface area (Å²) in [5.41, 5.74) is 5.16. The number of carbonyl (C=O) groups is 2. The zero-order chi connectivity index (χ0) is 28.8. The van der Waals surface area contributed by atoms with Gasteiger partial charge in [-0.2, -0.15) is 0 Å². The number of hydrogen-bond acceptors (Lipinski definition) is 6. The minimum absolute atomic E-state index is 0.124. The summed E-state index contributed by atoms with van der Waals surface area (Å²) in [7, 11) is 3.03. The number of anilines is 1. The van der Waals surface area contributed by atoms with Crippen LogP contribution in [0.1, 0.15) is 64.5 Å². The molecule has 0 aliphatic heterocycles. The SMILES string of the molecule is CCCCC(CCc1cccc2c1CCc1sc(NC(=O)c3cc(Cl)c(C=C(OC)C(=O)O)c(Cl)c3)nc1-2)OC. The Morgan fingerprint density at radius 2 is 1.93 bits per heavy atom. The van der Waals surface area contributed by atoms with Gasteiger partial charge >= 0.3 is 5.97 Å². The molecular formula is C30H32Cl2N2O5S. The molecule has 3 aromatic rings. The molecule has 1 aliphatic carbocycles. The van der Waals surface area contributed by atoms with E-state index in [9.17, 15) is 14.7 Å². The zero-order valence-corrected chi connectivity index (χ0v) is 25.0. The first kappa shape index (κ1) is 30.1. The number of hydrogen-bond donors (Lipinski definition) is 2. The number of amides is 1. The number of rotatable bonds is 12. The first-order valence-corrected chi connectivity index (χ1v) is 14.8. The van der Waals surface area contributed by atoms with E-state index < -0.39 is 11.9 Å². The number of aliphatic carboxylic acids is 1. The molecular weight excluding hydrogens is 571 g/mol. The van der Waals surface area contributed by atoms with Crippen LogP contribution >= 0.6 is 34.5 Å². The fourth-order valence-electron chi connectivity index (χ4n) is 4.90. The largest absolute Gasteiger partial charge is 0.490 e. The van der Waals surface area contributed by atoms with Gasteiger partial charge in [-0.05, 0) is 61.4 Å². The minimum Gasteiger partial charge on any atom is -0.490 e. The lowest BCUT2D eigenvalue weighted by molar-refractivity contribution is -0.135. The van der Waals surface area contributed by atoms with E-state index in [1.54, 1.807) is 7.11 Å². The molecule has 0 radical (unpaired) electrons. The Morgan fingerprint density at radius 3 is 2.58 bits per heavy atom. The highest BCUT2D eigenvalue weighted by Crippen LogP contribution is 2.40. The van der Waals surface area contributed by atoms with Crippen molar-refractivity contribution in [3.63, 3.8) is 0 Å². The third-order valence-corrected chi connectivity index (χ3v) is 8.70. The number of nitrogens with zero attached hydrogens (tertiary/aromatic N) is 1. The van der Waals surface area contributed by atoms with Crippen molar-refractivity contribution in [1.82, 2.24) is 4.98 Å². The molecule has 1 heterocycles. The van der Waals surface area contributed by atoms with Crippen LogP contribution in [-0.2, 0) is 33.5 Å². The van der Waals surface area contributed by atoms with Gasteiger partial charge in [0.1, 0.15) is 0 Å². The number of carbonyl (C=O) groups excluding carboxylic acids is 1. The number of aromatic nitrogens is 1. The van der Waals surface area contributed by atoms with Crippen LogP contribution in [0.4, 0.5) is 5.13 Å². The van der Waals surface area contributed by atoms with Crippen LogP contribution in [-0.4, -0.2) is 42.3 Å². The summed E-state index contributed by atoms with van der Waals surface area (Å²) >= 11 is 14.1. The van der Waals surface area contributed by atoms with Gasteiger partial charge in [-0.15, -0.1) is 11.3 Å². The second kappa shape index (κ2) is 13.6. The third-order valence-electron chi connectivity index (χ3n) is 7.04. The summed E-state index contributed by atoms with van der Waals surface area (Å²) < 4.78 is 10.6. The van der Waals surface area contributed by atoms with Crippen LogP contribution in [0, 0.1) is 0 Å². The van der Waals surface area contributed by atoms with Crippen LogP contribution < -0.4 is 5.32 Å². The molecule has 1 aromatic heterocycles. The molecule has 0 saturated carbocycles. The standard InChI is InChI=1S/C30H32Cl2N2O5S/c1-4-5-8-19(38-2)11-10-17-7-6-9-21-20(17)12-13-26-27(21)33-30(40-26)34-28(35)18-14-23(31)22(24(32)15-18)16-25(39-3)29(36)37/h6-7,9,14-16,19H,4-5,8,10-13H2,1-3H3,(H,36,37)(H,33,34,35). The molecule has 40 heavy (non-hydrogen) atoms. The Balaban J connectivity index is 1.52. The molecule has 4 rings (SSSR count). The number of unbranched alkanes of at least 4 members (excludes halogenated alkanes) is 1. The van der Waals surface area contributed by atoms with Gasteiger partial charge in [0.15, 0.2) is 5.13 Å². The normalized spacial score (nSPS) is 13.4. The topological polar surface area (TPSA) is 97.8 Å². The van der Waals surface area contributed by atoms with E-state index >= 15 is 0 Å². The van der Waals surface area contributed by atoms with Gasteiger partial charge in [0.25, 0.3) is 5.91 Å². The molecule has 1 aliphatic rings. The van der Waals surface area contributed by atoms with Crippen molar-refractivity contribution < 1.29 is 24.2 Å². The van der Waals surface area contributed by atoms with E-state index in [4.69, 9.17) is 37.7 Å². The van der Waals surface area contributed by atoms with E-state index in [1.165, 1.54) is 54.2 Å². The van der Waals surface area contributed by atoms with Crippen LogP contribution in [0.3, 0.4) is 0 Å². The van der Waals surface area contributed by atoms with Gasteiger partial charge in [-0.1, -0.05) is 61.2 Å². The van der Waals surface area contributed by atoms with Crippen molar-refractivity contribution in [3.05, 3.63) is 73.3 Å². The number of fused-ring (bicyclic) bond motifs is 3. The second-order valence-electron chi connectivity index (χ2n) is 9.60. The minimum atomic E-state index is -1.26. The lowest BCUT2D eigenvalue weighted by atomic mass is 9.87. The Bertz CT molecular complexity index is 1410. The molecule has 0 saturated heterocycles. The lowest BCUT2D eigenvalue weighted by Gasteiger charge is -2.20. The molecule has 0 fully saturated rings. The third kappa shape index (κ3) is 6.86. The second-order valence-corrected chi connectivity index (χ2v) is 11.5. The van der Waals surface area contributed by atoms with E-state index in [-0.39, 0.29) is 33.0 Å². The molecule has 1 amide bonds. The van der Waals surface area contributed by atoms with Gasteiger partial charge in [-0.3, -0.25) is 10.1 Å². The van der Waals surface area contributed by atoms with Crippen molar-refractivity contribution in [2.75, 3.05) is 19.5 Å². The number of thiazole rings is 1. The predicted octanol–water partition coefficient (Wildman–Crippen LogP) is 7.68. The van der Waals surface area contributed by atoms with Gasteiger partial charge in [-0.25, -0.2) is 9.78 Å². The first-order chi connectivity index (χ1) is 19.2. The monoisotopic (exact) mass is 602 g/mol. The Hall–Kier alpha value is -2.91. The van der Waals surface area contributed by atoms with Gasteiger partial charge in [0, 0.05) is 28.7 Å². The van der Waals surface area contributed by atoms with Gasteiger partial charge in [0.2, 0.25) is 5.76 Å². The Labute approximate surface area is 248 Å². The summed E-state index contributed by atoms with van der Waals surface area (Å²) in [5.74, 6) is -2.00. The van der Waals surface area contributed by atoms with Crippen molar-refractivity contribution in [3.8, 4) is 11.3 Å². The Morgan fingerprint density at radius 1 is 1.18 bits per heavy atom. The molecule has 2 aromatic carbocycles. The first-order valence-electron chi connectivity index (χ1n) is 13.2. The van der Waals surface area contributed by atoms with E-state index in [2.05, 4.69) is 30.4 Å². The number of methoxy groups -OCH3 is 2. The summed E-state index contributed by atoms with van der Waals surface area (Å²) in [6, 6.07) is 9.25. The maximum absolute atomic E-state index is 13.1. The zero-order valence-electron chi connectivity index (χ0n) is 22.7. The molecule has 10 heteroatoms. The highest BCUT2D eigenvalue weighted by Gasteiger charge is 2.24. The average Bonchev–Trinajstić information content (AvgIpc) is 3.35. The lowest BCUT2D eigenvalue weighted by Crippen LogP contribution is -2.13. The van der Waals surface area contributed by atoms with E-state index in [1.807, 2.05) is 0 Å². The number of carboxylic acid groups (broad SMARTS) is 1. The van der Waals surface area contributed by atoms with Crippen molar-refractivity contribution in [2.24, 2.45) is 0 Å². The summed E-state index contributed by atoms with van der Waals surface area (Å²) in [4.78, 5) is 30.3. The quantitative estimate of drug-likeness (QED) is 0.163. The van der Waals surface area contributed by atoms with Crippen LogP contribution in [0.2, 0.25) is 10.0 Å². The highest BCUT2D eigenvalue weighted by atomic mass is 35.5. The van der Waals surface area contributed by atoms with Crippen molar-refractivity contribution >= 4 is 57.6 Å². The molecule has 7 nitrogen and oxygen atoms in total. The van der Waals surface area contributed by atoms with Gasteiger partial charge < -0.3 is 14.6 Å². The van der Waals surface area contributed by atoms with E-state index in [0.29, 0.717) is 5.13 Å². The number of benzene rings is 2. The molecule has 0 bridgehead atoms. The Kier molecular flexibility index (Phi) is 10.2. The molecule has 1 unspecified atom stereocenters. The van der Waals surface area contributed by atoms with Crippen LogP contribution in [0.25, 0.3) is 17.3 Å². The van der Waals surface area contributed by atoms with E-state index in [0.717, 1.165) is 54.7 Å². The number of carboxylic acids is 1. The smallest absolute Gasteiger partial charge is 0.371 e. The molecule has 212 valence electrons. The number of halogens is 2. The van der Waals surface area contributed by atoms with Gasteiger partial charge in [0.05, 0.1) is 29.0 Å². The number of nitrogens with one attached hydrogen (secondary N) is 1. The highest BCUT2D eigenvalue weighted by molar-refractivity contribution is 7.16. The fraction of sp³-hybridized carbons (Fsp3) is 0.367. The average molecular weight is 604 g/mol. The van der Waals surface area contributed by atoms with Crippen molar-refractivity contribution in [1.29, 1.82) is 0 Å². The maximum Gasteiger partial charge on any atom is 0.371 e. The molecule has 0 spiro atoms. The summed E-state index contributed by atoms with van der Waals surface area (Å²) in [5, 5.41) is 12.8. The predicted molar refractivity (Wildman–Crippen MR) is 161 cm³/mol. The summed E-state index contributed by atoms with van der Waals surface area (Å²) in [6.07, 6.45) is 8.63. The van der Waals surface area contributed by atoms with Crippen molar-refractivity contribution in [2.45, 2.75) is 58.0 Å². The van der Waals surface area contributed by atoms with Crippen LogP contribution in [0.15, 0.2) is 36.1 Å². The fourth-order valence-corrected chi connectivity index (χ4v) is 6.47. The molecule has 2 N–H and O–H groups in total. The number of aryl methyl sites for hydroxylation is 2. The molecule has 1 atom stereocenters. The number of ether oxygens (including phenoxy) is 2. The summed E-state index contributed by atoms with van der Waals surface area (Å²) in [6.45, 7) is 2.20. The van der Waals surface area contributed by atoms with Crippen LogP contribution in [0.5, 0.6) is 0 Å². The maximum atomic E-state index is 13.1.